The summed E-state index contributed by atoms with van der Waals surface area (Å²) in [7, 11) is -3.64. The van der Waals surface area contributed by atoms with E-state index in [2.05, 4.69) is 20.8 Å². The Morgan fingerprint density at radius 3 is 2.58 bits per heavy atom. The lowest BCUT2D eigenvalue weighted by molar-refractivity contribution is 0.0326. The van der Waals surface area contributed by atoms with E-state index in [1.165, 1.54) is 32.1 Å². The van der Waals surface area contributed by atoms with Crippen molar-refractivity contribution in [2.24, 2.45) is 29.1 Å². The maximum absolute atomic E-state index is 12.4. The number of benzene rings is 1. The van der Waals surface area contributed by atoms with Gasteiger partial charge in [0.2, 0.25) is 0 Å². The van der Waals surface area contributed by atoms with E-state index in [0.717, 1.165) is 23.8 Å². The van der Waals surface area contributed by atoms with E-state index in [1.807, 2.05) is 19.1 Å². The van der Waals surface area contributed by atoms with Crippen molar-refractivity contribution in [3.8, 4) is 0 Å². The Labute approximate surface area is 159 Å². The molecule has 1 aromatic rings. The molecule has 0 N–H and O–H groups in total. The average Bonchev–Trinajstić information content (AvgIpc) is 2.93. The Morgan fingerprint density at radius 1 is 1.19 bits per heavy atom. The summed E-state index contributed by atoms with van der Waals surface area (Å²) in [4.78, 5) is 0.254. The van der Waals surface area contributed by atoms with Gasteiger partial charge in [-0.05, 0) is 73.8 Å². The molecule has 4 heteroatoms. The molecule has 146 valence electrons. The average molecular weight is 379 g/mol. The van der Waals surface area contributed by atoms with Gasteiger partial charge in [0.1, 0.15) is 0 Å². The van der Waals surface area contributed by atoms with Gasteiger partial charge in [-0.1, -0.05) is 51.3 Å². The lowest BCUT2D eigenvalue weighted by Crippen LogP contribution is -2.38. The molecule has 2 aliphatic carbocycles. The van der Waals surface area contributed by atoms with E-state index in [4.69, 9.17) is 4.18 Å². The highest BCUT2D eigenvalue weighted by atomic mass is 32.2. The fourth-order valence-corrected chi connectivity index (χ4v) is 6.78. The van der Waals surface area contributed by atoms with Crippen LogP contribution < -0.4 is 0 Å². The van der Waals surface area contributed by atoms with Gasteiger partial charge in [0.15, 0.2) is 0 Å². The lowest BCUT2D eigenvalue weighted by atomic mass is 9.59. The lowest BCUT2D eigenvalue weighted by Gasteiger charge is -2.46. The largest absolute Gasteiger partial charge is 0.296 e. The minimum absolute atomic E-state index is 0.254. The van der Waals surface area contributed by atoms with Crippen molar-refractivity contribution in [3.63, 3.8) is 0 Å². The third kappa shape index (κ3) is 3.87. The molecule has 0 bridgehead atoms. The molecule has 0 spiro atoms. The molecule has 0 radical (unpaired) electrons. The molecular formula is C22H34O3S. The van der Waals surface area contributed by atoms with E-state index < -0.39 is 10.1 Å². The monoisotopic (exact) mass is 378 g/mol. The summed E-state index contributed by atoms with van der Waals surface area (Å²) in [5.74, 6) is 2.88. The zero-order valence-electron chi connectivity index (χ0n) is 16.7. The molecule has 5 atom stereocenters. The van der Waals surface area contributed by atoms with Crippen LogP contribution in [0.15, 0.2) is 29.2 Å². The highest BCUT2D eigenvalue weighted by molar-refractivity contribution is 7.86. The highest BCUT2D eigenvalue weighted by Gasteiger charge is 2.51. The maximum Gasteiger partial charge on any atom is 0.296 e. The number of hydrogen-bond acceptors (Lipinski definition) is 3. The van der Waals surface area contributed by atoms with Gasteiger partial charge in [-0.15, -0.1) is 0 Å². The normalized spacial score (nSPS) is 33.0. The minimum Gasteiger partial charge on any atom is -0.266 e. The molecule has 0 amide bonds. The molecule has 0 saturated heterocycles. The third-order valence-corrected chi connectivity index (χ3v) is 8.68. The highest BCUT2D eigenvalue weighted by Crippen LogP contribution is 2.59. The predicted octanol–water partition coefficient (Wildman–Crippen LogP) is 5.58. The van der Waals surface area contributed by atoms with Crippen LogP contribution in [0.1, 0.15) is 64.9 Å². The van der Waals surface area contributed by atoms with Gasteiger partial charge in [0.05, 0.1) is 11.5 Å². The SMILES string of the molecule is Cc1ccc(S(=O)(=O)OCCC(C)C2CCC3C(C)CCCC32C)cc1. The van der Waals surface area contributed by atoms with Crippen molar-refractivity contribution in [1.29, 1.82) is 0 Å². The summed E-state index contributed by atoms with van der Waals surface area (Å²) in [6.07, 6.45) is 7.49. The summed E-state index contributed by atoms with van der Waals surface area (Å²) >= 11 is 0. The van der Waals surface area contributed by atoms with Crippen LogP contribution in [0.25, 0.3) is 0 Å². The Balaban J connectivity index is 1.57. The van der Waals surface area contributed by atoms with Crippen molar-refractivity contribution in [2.45, 2.75) is 71.1 Å². The first-order chi connectivity index (χ1) is 12.2. The third-order valence-electron chi connectivity index (χ3n) is 7.35. The summed E-state index contributed by atoms with van der Waals surface area (Å²) < 4.78 is 30.1. The topological polar surface area (TPSA) is 43.4 Å². The molecule has 26 heavy (non-hydrogen) atoms. The van der Waals surface area contributed by atoms with Gasteiger partial charge in [0.25, 0.3) is 10.1 Å². The fourth-order valence-electron chi connectivity index (χ4n) is 5.86. The van der Waals surface area contributed by atoms with Gasteiger partial charge >= 0.3 is 0 Å². The van der Waals surface area contributed by atoms with Crippen molar-refractivity contribution in [3.05, 3.63) is 29.8 Å². The van der Waals surface area contributed by atoms with Crippen LogP contribution in [0.2, 0.25) is 0 Å². The number of fused-ring (bicyclic) bond motifs is 1. The zero-order chi connectivity index (χ0) is 18.9. The first kappa shape index (κ1) is 19.9. The second kappa shape index (κ2) is 7.63. The molecule has 0 aliphatic heterocycles. The quantitative estimate of drug-likeness (QED) is 0.607. The molecule has 0 heterocycles. The summed E-state index contributed by atoms with van der Waals surface area (Å²) in [6, 6.07) is 6.87. The Kier molecular flexibility index (Phi) is 5.83. The second-order valence-corrected chi connectivity index (χ2v) is 10.6. The maximum atomic E-state index is 12.4. The molecule has 2 aliphatic rings. The molecule has 1 aromatic carbocycles. The number of aryl methyl sites for hydroxylation is 1. The van der Waals surface area contributed by atoms with Crippen LogP contribution in [0.5, 0.6) is 0 Å². The zero-order valence-corrected chi connectivity index (χ0v) is 17.5. The Bertz CT molecular complexity index is 709. The number of hydrogen-bond donors (Lipinski definition) is 0. The van der Waals surface area contributed by atoms with E-state index in [1.54, 1.807) is 12.1 Å². The number of rotatable bonds is 6. The van der Waals surface area contributed by atoms with Crippen LogP contribution in [0.3, 0.4) is 0 Å². The Morgan fingerprint density at radius 2 is 1.88 bits per heavy atom. The second-order valence-electron chi connectivity index (χ2n) is 9.02. The first-order valence-electron chi connectivity index (χ1n) is 10.2. The molecule has 3 rings (SSSR count). The Hall–Kier alpha value is -0.870. The first-order valence-corrected chi connectivity index (χ1v) is 11.6. The smallest absolute Gasteiger partial charge is 0.266 e. The molecular weight excluding hydrogens is 344 g/mol. The van der Waals surface area contributed by atoms with E-state index in [9.17, 15) is 8.42 Å². The van der Waals surface area contributed by atoms with Crippen LogP contribution in [0.4, 0.5) is 0 Å². The van der Waals surface area contributed by atoms with Crippen LogP contribution in [0, 0.1) is 36.0 Å². The molecule has 2 fully saturated rings. The van der Waals surface area contributed by atoms with Gasteiger partial charge in [-0.25, -0.2) is 0 Å². The minimum atomic E-state index is -3.64. The van der Waals surface area contributed by atoms with Crippen molar-refractivity contribution < 1.29 is 12.6 Å². The van der Waals surface area contributed by atoms with Gasteiger partial charge < -0.3 is 0 Å². The van der Waals surface area contributed by atoms with Crippen LogP contribution in [-0.2, 0) is 14.3 Å². The van der Waals surface area contributed by atoms with E-state index in [0.29, 0.717) is 17.3 Å². The fraction of sp³-hybridized carbons (Fsp3) is 0.727. The predicted molar refractivity (Wildman–Crippen MR) is 105 cm³/mol. The molecule has 3 nitrogen and oxygen atoms in total. The van der Waals surface area contributed by atoms with Gasteiger partial charge in [0, 0.05) is 0 Å². The van der Waals surface area contributed by atoms with Crippen molar-refractivity contribution in [2.75, 3.05) is 6.61 Å². The van der Waals surface area contributed by atoms with Gasteiger partial charge in [-0.2, -0.15) is 8.42 Å². The van der Waals surface area contributed by atoms with Gasteiger partial charge in [-0.3, -0.25) is 4.18 Å². The standard InChI is InChI=1S/C22H34O3S/c1-16-7-9-19(10-8-16)26(23,24)25-15-13-18(3)21-12-11-20-17(2)6-5-14-22(20,21)4/h7-10,17-18,20-21H,5-6,11-15H2,1-4H3. The molecule has 2 saturated carbocycles. The summed E-state index contributed by atoms with van der Waals surface area (Å²) in [5.41, 5.74) is 1.48. The summed E-state index contributed by atoms with van der Waals surface area (Å²) in [5, 5.41) is 0. The van der Waals surface area contributed by atoms with Crippen LogP contribution >= 0.6 is 0 Å². The molecule has 0 aromatic heterocycles. The summed E-state index contributed by atoms with van der Waals surface area (Å²) in [6.45, 7) is 9.43. The van der Waals surface area contributed by atoms with E-state index in [-0.39, 0.29) is 11.5 Å². The van der Waals surface area contributed by atoms with Crippen LogP contribution in [-0.4, -0.2) is 15.0 Å². The van der Waals surface area contributed by atoms with Crippen molar-refractivity contribution >= 4 is 10.1 Å². The molecule has 5 unspecified atom stereocenters. The van der Waals surface area contributed by atoms with Crippen molar-refractivity contribution in [1.82, 2.24) is 0 Å². The van der Waals surface area contributed by atoms with E-state index >= 15 is 0 Å².